The number of methoxy groups -OCH3 is 2. The number of nitrogens with one attached hydrogen (secondary N) is 1. The third-order valence-corrected chi connectivity index (χ3v) is 4.26. The second-order valence-electron chi connectivity index (χ2n) is 6.03. The van der Waals surface area contributed by atoms with Crippen molar-refractivity contribution >= 4 is 11.9 Å². The van der Waals surface area contributed by atoms with E-state index in [9.17, 15) is 30.0 Å². The van der Waals surface area contributed by atoms with Crippen LogP contribution >= 0.6 is 0 Å². The smallest absolute Gasteiger partial charge is 0.354 e. The summed E-state index contributed by atoms with van der Waals surface area (Å²) in [5.74, 6) is -1.68. The van der Waals surface area contributed by atoms with Crippen LogP contribution in [0.1, 0.15) is 58.0 Å². The molecule has 0 saturated carbocycles. The molecule has 10 nitrogen and oxygen atoms in total. The SMILES string of the molecule is CCCCc1c(C(=O)OC)[nH]c(C(=O)OC)c1C(O)C(O)C(O)C(O)CO. The van der Waals surface area contributed by atoms with E-state index in [2.05, 4.69) is 9.72 Å². The average Bonchev–Trinajstić information content (AvgIpc) is 3.07. The summed E-state index contributed by atoms with van der Waals surface area (Å²) in [4.78, 5) is 26.8. The van der Waals surface area contributed by atoms with Gasteiger partial charge in [0, 0.05) is 5.56 Å². The molecule has 0 aliphatic heterocycles. The van der Waals surface area contributed by atoms with Crippen LogP contribution < -0.4 is 0 Å². The van der Waals surface area contributed by atoms with E-state index in [1.54, 1.807) is 0 Å². The first-order valence-corrected chi connectivity index (χ1v) is 8.49. The summed E-state index contributed by atoms with van der Waals surface area (Å²) in [5.41, 5.74) is -0.250. The van der Waals surface area contributed by atoms with Crippen molar-refractivity contribution in [3.63, 3.8) is 0 Å². The third-order valence-electron chi connectivity index (χ3n) is 4.26. The van der Waals surface area contributed by atoms with Crippen molar-refractivity contribution in [2.24, 2.45) is 0 Å². The molecule has 0 radical (unpaired) electrons. The van der Waals surface area contributed by atoms with Gasteiger partial charge in [-0.25, -0.2) is 9.59 Å². The van der Waals surface area contributed by atoms with Crippen LogP contribution in [0.25, 0.3) is 0 Å². The standard InChI is InChI=1S/C17H27NO9/c1-4-5-6-8-10(14(22)15(23)13(21)9(20)7-19)12(17(25)27-3)18-11(8)16(24)26-2/h9,13-15,18-23H,4-7H2,1-3H3. The van der Waals surface area contributed by atoms with E-state index < -0.39 is 43.0 Å². The minimum Gasteiger partial charge on any atom is -0.464 e. The molecule has 0 aromatic carbocycles. The molecular weight excluding hydrogens is 362 g/mol. The first-order chi connectivity index (χ1) is 12.7. The highest BCUT2D eigenvalue weighted by molar-refractivity contribution is 5.96. The van der Waals surface area contributed by atoms with Crippen LogP contribution in [0.15, 0.2) is 0 Å². The van der Waals surface area contributed by atoms with Gasteiger partial charge >= 0.3 is 11.9 Å². The molecule has 1 aromatic heterocycles. The lowest BCUT2D eigenvalue weighted by Crippen LogP contribution is -2.43. The molecule has 0 saturated heterocycles. The zero-order valence-electron chi connectivity index (χ0n) is 15.5. The van der Waals surface area contributed by atoms with Gasteiger partial charge in [0.05, 0.1) is 20.8 Å². The molecule has 0 spiro atoms. The Morgan fingerprint density at radius 1 is 1.00 bits per heavy atom. The Morgan fingerprint density at radius 3 is 2.04 bits per heavy atom. The maximum absolute atomic E-state index is 12.1. The normalized spacial score (nSPS) is 15.7. The highest BCUT2D eigenvalue weighted by Crippen LogP contribution is 2.32. The molecule has 0 fully saturated rings. The largest absolute Gasteiger partial charge is 0.464 e. The van der Waals surface area contributed by atoms with Gasteiger partial charge in [-0.15, -0.1) is 0 Å². The van der Waals surface area contributed by atoms with Gasteiger partial charge in [-0.05, 0) is 18.4 Å². The molecule has 10 heteroatoms. The molecule has 1 heterocycles. The number of H-pyrrole nitrogens is 1. The van der Waals surface area contributed by atoms with Gasteiger partial charge in [0.2, 0.25) is 0 Å². The van der Waals surface area contributed by atoms with E-state index in [0.717, 1.165) is 20.6 Å². The Morgan fingerprint density at radius 2 is 1.56 bits per heavy atom. The minimum absolute atomic E-state index is 0.0789. The lowest BCUT2D eigenvalue weighted by Gasteiger charge is -2.26. The summed E-state index contributed by atoms with van der Waals surface area (Å²) in [6, 6.07) is 0. The molecule has 1 rings (SSSR count). The number of carbonyl (C=O) groups excluding carboxylic acids is 2. The van der Waals surface area contributed by atoms with Crippen molar-refractivity contribution < 1.29 is 44.6 Å². The van der Waals surface area contributed by atoms with Crippen molar-refractivity contribution in [1.29, 1.82) is 0 Å². The summed E-state index contributed by atoms with van der Waals surface area (Å²) < 4.78 is 9.35. The Labute approximate surface area is 156 Å². The van der Waals surface area contributed by atoms with E-state index in [4.69, 9.17) is 9.84 Å². The molecule has 0 aliphatic rings. The minimum atomic E-state index is -1.95. The number of ether oxygens (including phenoxy) is 2. The maximum atomic E-state index is 12.1. The summed E-state index contributed by atoms with van der Waals surface area (Å²) in [6.07, 6.45) is -5.80. The second-order valence-corrected chi connectivity index (χ2v) is 6.03. The first kappa shape index (κ1) is 23.1. The number of rotatable bonds is 10. The Bertz CT molecular complexity index is 643. The van der Waals surface area contributed by atoms with Crippen molar-refractivity contribution in [3.05, 3.63) is 22.5 Å². The monoisotopic (exact) mass is 389 g/mol. The van der Waals surface area contributed by atoms with Crippen molar-refractivity contribution in [3.8, 4) is 0 Å². The molecule has 0 amide bonds. The quantitative estimate of drug-likeness (QED) is 0.276. The zero-order valence-corrected chi connectivity index (χ0v) is 15.5. The van der Waals surface area contributed by atoms with Gasteiger partial charge in [0.1, 0.15) is 35.8 Å². The predicted octanol–water partition coefficient (Wildman–Crippen LogP) is -0.961. The first-order valence-electron chi connectivity index (χ1n) is 8.49. The van der Waals surface area contributed by atoms with Crippen LogP contribution in [0.3, 0.4) is 0 Å². The number of hydrogen-bond donors (Lipinski definition) is 6. The zero-order chi connectivity index (χ0) is 20.7. The highest BCUT2D eigenvalue weighted by atomic mass is 16.5. The fourth-order valence-electron chi connectivity index (χ4n) is 2.73. The van der Waals surface area contributed by atoms with Crippen LogP contribution in [0.2, 0.25) is 0 Å². The number of hydrogen-bond acceptors (Lipinski definition) is 9. The number of aromatic amines is 1. The average molecular weight is 389 g/mol. The topological polar surface area (TPSA) is 170 Å². The van der Waals surface area contributed by atoms with E-state index in [-0.39, 0.29) is 28.9 Å². The number of aliphatic hydroxyl groups excluding tert-OH is 5. The summed E-state index contributed by atoms with van der Waals surface area (Å²) in [7, 11) is 2.25. The number of esters is 2. The molecule has 4 unspecified atom stereocenters. The second kappa shape index (κ2) is 10.4. The van der Waals surface area contributed by atoms with Gasteiger partial charge in [0.15, 0.2) is 0 Å². The van der Waals surface area contributed by atoms with Gasteiger partial charge in [-0.3, -0.25) is 0 Å². The molecule has 154 valence electrons. The Kier molecular flexibility index (Phi) is 8.86. The van der Waals surface area contributed by atoms with Crippen LogP contribution in [0.4, 0.5) is 0 Å². The number of aliphatic hydroxyl groups is 5. The van der Waals surface area contributed by atoms with Gasteiger partial charge < -0.3 is 40.0 Å². The molecular formula is C17H27NO9. The lowest BCUT2D eigenvalue weighted by molar-refractivity contribution is -0.116. The number of unbranched alkanes of at least 4 members (excludes halogenated alkanes) is 1. The molecule has 1 aromatic rings. The third kappa shape index (κ3) is 5.05. The van der Waals surface area contributed by atoms with Gasteiger partial charge in [-0.2, -0.15) is 0 Å². The van der Waals surface area contributed by atoms with Crippen LogP contribution in [0.5, 0.6) is 0 Å². The molecule has 0 bridgehead atoms. The summed E-state index contributed by atoms with van der Waals surface area (Å²) in [5, 5.41) is 49.1. The lowest BCUT2D eigenvalue weighted by atomic mass is 9.92. The molecule has 6 N–H and O–H groups in total. The van der Waals surface area contributed by atoms with Crippen LogP contribution in [0, 0.1) is 0 Å². The fourth-order valence-corrected chi connectivity index (χ4v) is 2.73. The Balaban J connectivity index is 3.52. The van der Waals surface area contributed by atoms with Crippen molar-refractivity contribution in [2.45, 2.75) is 50.6 Å². The van der Waals surface area contributed by atoms with Gasteiger partial charge in [-0.1, -0.05) is 13.3 Å². The summed E-state index contributed by atoms with van der Waals surface area (Å²) in [6.45, 7) is 1.05. The van der Waals surface area contributed by atoms with E-state index in [1.165, 1.54) is 0 Å². The number of carbonyl (C=O) groups is 2. The van der Waals surface area contributed by atoms with Crippen LogP contribution in [-0.2, 0) is 15.9 Å². The molecule has 27 heavy (non-hydrogen) atoms. The predicted molar refractivity (Wildman–Crippen MR) is 92.1 cm³/mol. The maximum Gasteiger partial charge on any atom is 0.354 e. The molecule has 4 atom stereocenters. The van der Waals surface area contributed by atoms with E-state index in [0.29, 0.717) is 6.42 Å². The van der Waals surface area contributed by atoms with Crippen molar-refractivity contribution in [1.82, 2.24) is 4.98 Å². The Hall–Kier alpha value is -1.98. The van der Waals surface area contributed by atoms with Crippen molar-refractivity contribution in [2.75, 3.05) is 20.8 Å². The number of aromatic nitrogens is 1. The molecule has 0 aliphatic carbocycles. The van der Waals surface area contributed by atoms with E-state index in [1.807, 2.05) is 6.92 Å². The van der Waals surface area contributed by atoms with Gasteiger partial charge in [0.25, 0.3) is 0 Å². The summed E-state index contributed by atoms with van der Waals surface area (Å²) >= 11 is 0. The van der Waals surface area contributed by atoms with E-state index >= 15 is 0 Å². The van der Waals surface area contributed by atoms with Crippen LogP contribution in [-0.4, -0.2) is 81.6 Å². The fraction of sp³-hybridized carbons (Fsp3) is 0.647. The highest BCUT2D eigenvalue weighted by Gasteiger charge is 2.37.